The molecular weight excluding hydrogens is 179 g/mol. The number of allylic oxidation sites excluding steroid dienone is 2. The van der Waals surface area contributed by atoms with E-state index in [1.54, 1.807) is 6.92 Å². The van der Waals surface area contributed by atoms with Gasteiger partial charge in [0.1, 0.15) is 14.5 Å². The molecule has 0 radical (unpaired) electrons. The van der Waals surface area contributed by atoms with E-state index in [0.717, 1.165) is 6.42 Å². The van der Waals surface area contributed by atoms with Crippen LogP contribution in [0.15, 0.2) is 23.7 Å². The fourth-order valence-electron chi connectivity index (χ4n) is 1.21. The van der Waals surface area contributed by atoms with Gasteiger partial charge in [0.05, 0.1) is 12.7 Å². The van der Waals surface area contributed by atoms with Gasteiger partial charge in [-0.2, -0.15) is 0 Å². The van der Waals surface area contributed by atoms with Crippen LogP contribution in [0.4, 0.5) is 0 Å². The first-order valence-corrected chi connectivity index (χ1v) is 4.84. The zero-order valence-electron chi connectivity index (χ0n) is 8.66. The van der Waals surface area contributed by atoms with E-state index in [2.05, 4.69) is 6.08 Å². The Kier molecular flexibility index (Phi) is 4.46. The van der Waals surface area contributed by atoms with E-state index in [1.807, 2.05) is 20.0 Å². The molecule has 0 aromatic rings. The third-order valence-electron chi connectivity index (χ3n) is 1.97. The van der Waals surface area contributed by atoms with Crippen LogP contribution in [0.1, 0.15) is 13.3 Å². The molecule has 0 aliphatic heterocycles. The number of carbonyl (C=O) groups excluding carboxylic acids is 1. The molecule has 0 amide bonds. The van der Waals surface area contributed by atoms with Crippen molar-refractivity contribution in [2.45, 2.75) is 19.4 Å². The first kappa shape index (κ1) is 11.1. The summed E-state index contributed by atoms with van der Waals surface area (Å²) in [4.78, 5) is 11.0. The minimum absolute atomic E-state index is 0.0168. The molecule has 0 bridgehead atoms. The van der Waals surface area contributed by atoms with Crippen molar-refractivity contribution in [1.29, 1.82) is 0 Å². The molecule has 3 nitrogen and oxygen atoms in total. The average molecular weight is 194 g/mol. The molecular formula is C10H15BO3. The summed E-state index contributed by atoms with van der Waals surface area (Å²) in [5.74, 6) is -0.299. The van der Waals surface area contributed by atoms with E-state index in [0.29, 0.717) is 6.61 Å². The Morgan fingerprint density at radius 1 is 1.71 bits per heavy atom. The van der Waals surface area contributed by atoms with Crippen molar-refractivity contribution in [2.24, 2.45) is 0 Å². The lowest BCUT2D eigenvalue weighted by Gasteiger charge is -2.15. The Morgan fingerprint density at radius 3 is 3.07 bits per heavy atom. The van der Waals surface area contributed by atoms with Gasteiger partial charge < -0.3 is 9.47 Å². The second-order valence-corrected chi connectivity index (χ2v) is 3.20. The normalized spacial score (nSPS) is 20.4. The molecule has 1 aliphatic carbocycles. The molecule has 1 unspecified atom stereocenters. The maximum atomic E-state index is 11.0. The highest BCUT2D eigenvalue weighted by molar-refractivity contribution is 6.23. The first-order chi connectivity index (χ1) is 6.72. The van der Waals surface area contributed by atoms with Gasteiger partial charge in [-0.05, 0) is 13.3 Å². The van der Waals surface area contributed by atoms with Crippen molar-refractivity contribution in [3.8, 4) is 0 Å². The van der Waals surface area contributed by atoms with Crippen LogP contribution in [0.25, 0.3) is 0 Å². The van der Waals surface area contributed by atoms with Crippen LogP contribution >= 0.6 is 0 Å². The SMILES string of the molecule is BC1=CCC(OCC(=O)OCC)C=C1. The van der Waals surface area contributed by atoms with Crippen LogP contribution in [-0.4, -0.2) is 33.1 Å². The molecule has 0 aromatic heterocycles. The van der Waals surface area contributed by atoms with Crippen LogP contribution in [0.3, 0.4) is 0 Å². The van der Waals surface area contributed by atoms with Crippen molar-refractivity contribution < 1.29 is 14.3 Å². The Balaban J connectivity index is 2.21. The Morgan fingerprint density at radius 2 is 2.50 bits per heavy atom. The fraction of sp³-hybridized carbons (Fsp3) is 0.500. The van der Waals surface area contributed by atoms with E-state index in [4.69, 9.17) is 9.47 Å². The Bertz CT molecular complexity index is 258. The zero-order chi connectivity index (χ0) is 10.4. The smallest absolute Gasteiger partial charge is 0.332 e. The summed E-state index contributed by atoms with van der Waals surface area (Å²) in [6.45, 7) is 2.22. The summed E-state index contributed by atoms with van der Waals surface area (Å²) >= 11 is 0. The third-order valence-corrected chi connectivity index (χ3v) is 1.97. The van der Waals surface area contributed by atoms with Crippen LogP contribution in [-0.2, 0) is 14.3 Å². The predicted octanol–water partition coefficient (Wildman–Crippen LogP) is 0.412. The Labute approximate surface area is 85.2 Å². The lowest BCUT2D eigenvalue weighted by atomic mass is 9.90. The molecule has 1 atom stereocenters. The molecule has 1 aliphatic rings. The molecule has 0 saturated carbocycles. The standard InChI is InChI=1S/C10H15BO3/c1-2-13-10(12)7-14-9-5-3-8(11)4-6-9/h3-5,9H,2,6-7,11H2,1H3. The molecule has 0 aromatic carbocycles. The first-order valence-electron chi connectivity index (χ1n) is 4.84. The number of hydrogen-bond acceptors (Lipinski definition) is 3. The summed E-state index contributed by atoms with van der Waals surface area (Å²) < 4.78 is 10.1. The maximum absolute atomic E-state index is 11.0. The second kappa shape index (κ2) is 5.65. The number of esters is 1. The lowest BCUT2D eigenvalue weighted by molar-refractivity contribution is -0.149. The lowest BCUT2D eigenvalue weighted by Crippen LogP contribution is -2.19. The summed E-state index contributed by atoms with van der Waals surface area (Å²) in [7, 11) is 2.04. The van der Waals surface area contributed by atoms with E-state index in [-0.39, 0.29) is 18.7 Å². The average Bonchev–Trinajstić information content (AvgIpc) is 2.17. The monoisotopic (exact) mass is 194 g/mol. The third kappa shape index (κ3) is 3.79. The molecule has 0 N–H and O–H groups in total. The van der Waals surface area contributed by atoms with Crippen molar-refractivity contribution in [2.75, 3.05) is 13.2 Å². The molecule has 0 heterocycles. The van der Waals surface area contributed by atoms with Crippen LogP contribution in [0, 0.1) is 0 Å². The fourth-order valence-corrected chi connectivity index (χ4v) is 1.21. The van der Waals surface area contributed by atoms with Gasteiger partial charge in [-0.25, -0.2) is 4.79 Å². The van der Waals surface area contributed by atoms with E-state index >= 15 is 0 Å². The van der Waals surface area contributed by atoms with Crippen LogP contribution in [0.2, 0.25) is 0 Å². The molecule has 76 valence electrons. The molecule has 0 fully saturated rings. The van der Waals surface area contributed by atoms with E-state index in [1.165, 1.54) is 5.47 Å². The van der Waals surface area contributed by atoms with Gasteiger partial charge >= 0.3 is 5.97 Å². The predicted molar refractivity (Wildman–Crippen MR) is 56.8 cm³/mol. The van der Waals surface area contributed by atoms with Gasteiger partial charge in [-0.1, -0.05) is 23.7 Å². The van der Waals surface area contributed by atoms with Crippen molar-refractivity contribution in [3.63, 3.8) is 0 Å². The molecule has 4 heteroatoms. The second-order valence-electron chi connectivity index (χ2n) is 3.20. The summed E-state index contributed by atoms with van der Waals surface area (Å²) in [6.07, 6.45) is 6.91. The number of ether oxygens (including phenoxy) is 2. The highest BCUT2D eigenvalue weighted by Crippen LogP contribution is 2.10. The Hall–Kier alpha value is -1.03. The quantitative estimate of drug-likeness (QED) is 0.480. The van der Waals surface area contributed by atoms with Gasteiger partial charge in [0.2, 0.25) is 0 Å². The van der Waals surface area contributed by atoms with Crippen molar-refractivity contribution >= 4 is 13.8 Å². The summed E-state index contributed by atoms with van der Waals surface area (Å²) in [6, 6.07) is 0. The topological polar surface area (TPSA) is 35.5 Å². The molecule has 0 spiro atoms. The van der Waals surface area contributed by atoms with Crippen molar-refractivity contribution in [3.05, 3.63) is 23.7 Å². The van der Waals surface area contributed by atoms with Gasteiger partial charge in [0.25, 0.3) is 0 Å². The zero-order valence-corrected chi connectivity index (χ0v) is 8.66. The van der Waals surface area contributed by atoms with E-state index < -0.39 is 0 Å². The minimum Gasteiger partial charge on any atom is -0.464 e. The van der Waals surface area contributed by atoms with Crippen LogP contribution < -0.4 is 0 Å². The number of rotatable bonds is 4. The largest absolute Gasteiger partial charge is 0.464 e. The van der Waals surface area contributed by atoms with Gasteiger partial charge in [0.15, 0.2) is 0 Å². The van der Waals surface area contributed by atoms with Crippen molar-refractivity contribution in [1.82, 2.24) is 0 Å². The number of hydrogen-bond donors (Lipinski definition) is 0. The van der Waals surface area contributed by atoms with Crippen LogP contribution in [0.5, 0.6) is 0 Å². The highest BCUT2D eigenvalue weighted by atomic mass is 16.6. The van der Waals surface area contributed by atoms with E-state index in [9.17, 15) is 4.79 Å². The molecule has 1 rings (SSSR count). The summed E-state index contributed by atoms with van der Waals surface area (Å²) in [5, 5.41) is 0. The number of carbonyl (C=O) groups is 1. The molecule has 14 heavy (non-hydrogen) atoms. The minimum atomic E-state index is -0.299. The highest BCUT2D eigenvalue weighted by Gasteiger charge is 2.10. The van der Waals surface area contributed by atoms with Gasteiger partial charge in [0, 0.05) is 0 Å². The molecule has 0 saturated heterocycles. The maximum Gasteiger partial charge on any atom is 0.332 e. The van der Waals surface area contributed by atoms with Gasteiger partial charge in [-0.15, -0.1) is 0 Å². The summed E-state index contributed by atoms with van der Waals surface area (Å²) in [5.41, 5.74) is 1.24. The van der Waals surface area contributed by atoms with Gasteiger partial charge in [-0.3, -0.25) is 0 Å².